The number of halogens is 1. The number of benzene rings is 2. The monoisotopic (exact) mass is 286 g/mol. The highest BCUT2D eigenvalue weighted by Gasteiger charge is 2.13. The van der Waals surface area contributed by atoms with Crippen molar-refractivity contribution in [2.75, 3.05) is 5.32 Å². The number of nitrogens with zero attached hydrogens (tertiary/aromatic N) is 1. The van der Waals surface area contributed by atoms with Crippen molar-refractivity contribution >= 4 is 23.2 Å². The van der Waals surface area contributed by atoms with Crippen LogP contribution in [0.4, 0.5) is 5.69 Å². The van der Waals surface area contributed by atoms with Crippen LogP contribution in [0.25, 0.3) is 0 Å². The van der Waals surface area contributed by atoms with Crippen LogP contribution in [0, 0.1) is 18.3 Å². The molecule has 0 heterocycles. The Morgan fingerprint density at radius 3 is 2.75 bits per heavy atom. The van der Waals surface area contributed by atoms with Gasteiger partial charge in [0.05, 0.1) is 27.9 Å². The molecule has 4 nitrogen and oxygen atoms in total. The molecule has 0 saturated carbocycles. The molecule has 2 N–H and O–H groups in total. The molecule has 0 bridgehead atoms. The molecule has 2 aromatic carbocycles. The van der Waals surface area contributed by atoms with Crippen LogP contribution in [0.2, 0.25) is 5.02 Å². The fourth-order valence-corrected chi connectivity index (χ4v) is 1.88. The lowest BCUT2D eigenvalue weighted by Crippen LogP contribution is -2.12. The van der Waals surface area contributed by atoms with Gasteiger partial charge in [-0.3, -0.25) is 4.79 Å². The Labute approximate surface area is 121 Å². The Morgan fingerprint density at radius 2 is 2.05 bits per heavy atom. The van der Waals surface area contributed by atoms with E-state index in [0.29, 0.717) is 16.3 Å². The molecule has 0 fully saturated rings. The van der Waals surface area contributed by atoms with Gasteiger partial charge in [0.25, 0.3) is 5.91 Å². The van der Waals surface area contributed by atoms with Crippen LogP contribution in [0.1, 0.15) is 21.5 Å². The smallest absolute Gasteiger partial charge is 0.259 e. The molecular weight excluding hydrogens is 276 g/mol. The van der Waals surface area contributed by atoms with E-state index >= 15 is 0 Å². The number of carbonyl (C=O) groups excluding carboxylic acids is 1. The highest BCUT2D eigenvalue weighted by molar-refractivity contribution is 6.34. The molecule has 0 atom stereocenters. The van der Waals surface area contributed by atoms with Crippen molar-refractivity contribution in [3.8, 4) is 11.8 Å². The second kappa shape index (κ2) is 5.64. The fourth-order valence-electron chi connectivity index (χ4n) is 1.71. The summed E-state index contributed by atoms with van der Waals surface area (Å²) in [4.78, 5) is 12.1. The van der Waals surface area contributed by atoms with Crippen LogP contribution in [0.5, 0.6) is 5.75 Å². The van der Waals surface area contributed by atoms with Crippen molar-refractivity contribution in [3.63, 3.8) is 0 Å². The number of hydrogen-bond donors (Lipinski definition) is 2. The largest absolute Gasteiger partial charge is 0.507 e. The van der Waals surface area contributed by atoms with Gasteiger partial charge >= 0.3 is 0 Å². The summed E-state index contributed by atoms with van der Waals surface area (Å²) in [5.41, 5.74) is 1.73. The van der Waals surface area contributed by atoms with E-state index in [4.69, 9.17) is 16.9 Å². The summed E-state index contributed by atoms with van der Waals surface area (Å²) >= 11 is 5.97. The van der Waals surface area contributed by atoms with E-state index in [-0.39, 0.29) is 11.3 Å². The van der Waals surface area contributed by atoms with Gasteiger partial charge in [-0.15, -0.1) is 0 Å². The zero-order chi connectivity index (χ0) is 14.7. The van der Waals surface area contributed by atoms with E-state index in [1.165, 1.54) is 18.2 Å². The van der Waals surface area contributed by atoms with E-state index in [1.54, 1.807) is 18.2 Å². The summed E-state index contributed by atoms with van der Waals surface area (Å²) in [6, 6.07) is 11.3. The molecule has 0 aromatic heterocycles. The van der Waals surface area contributed by atoms with E-state index in [0.717, 1.165) is 5.56 Å². The van der Waals surface area contributed by atoms with Gasteiger partial charge in [0.15, 0.2) is 0 Å². The lowest BCUT2D eigenvalue weighted by Gasteiger charge is -2.09. The number of nitrogens with one attached hydrogen (secondary N) is 1. The minimum atomic E-state index is -0.483. The van der Waals surface area contributed by atoms with Crippen LogP contribution in [0.15, 0.2) is 36.4 Å². The number of carbonyl (C=O) groups is 1. The lowest BCUT2D eigenvalue weighted by atomic mass is 10.1. The summed E-state index contributed by atoms with van der Waals surface area (Å²) in [6.07, 6.45) is 0. The Bertz CT molecular complexity index is 720. The molecule has 0 aliphatic heterocycles. The molecule has 2 rings (SSSR count). The average Bonchev–Trinajstić information content (AvgIpc) is 2.43. The topological polar surface area (TPSA) is 73.1 Å². The van der Waals surface area contributed by atoms with Crippen molar-refractivity contribution in [2.45, 2.75) is 6.92 Å². The number of anilines is 1. The molecule has 0 unspecified atom stereocenters. The van der Waals surface area contributed by atoms with Crippen molar-refractivity contribution in [1.82, 2.24) is 0 Å². The van der Waals surface area contributed by atoms with Gasteiger partial charge in [0.2, 0.25) is 0 Å². The van der Waals surface area contributed by atoms with Gasteiger partial charge in [-0.05, 0) is 37.3 Å². The van der Waals surface area contributed by atoms with E-state index in [9.17, 15) is 9.90 Å². The summed E-state index contributed by atoms with van der Waals surface area (Å²) in [5, 5.41) is 21.5. The highest BCUT2D eigenvalue weighted by atomic mass is 35.5. The number of phenols is 1. The lowest BCUT2D eigenvalue weighted by molar-refractivity contribution is 0.102. The zero-order valence-corrected chi connectivity index (χ0v) is 11.4. The Kier molecular flexibility index (Phi) is 3.92. The van der Waals surface area contributed by atoms with Gasteiger partial charge in [0, 0.05) is 0 Å². The number of aryl methyl sites for hydroxylation is 1. The Morgan fingerprint density at radius 1 is 1.30 bits per heavy atom. The third-order valence-electron chi connectivity index (χ3n) is 2.74. The second-order valence-corrected chi connectivity index (χ2v) is 4.69. The minimum absolute atomic E-state index is 0.110. The van der Waals surface area contributed by atoms with Crippen LogP contribution >= 0.6 is 11.6 Å². The van der Waals surface area contributed by atoms with Gasteiger partial charge in [-0.1, -0.05) is 23.2 Å². The number of rotatable bonds is 2. The van der Waals surface area contributed by atoms with Gasteiger partial charge < -0.3 is 10.4 Å². The van der Waals surface area contributed by atoms with Gasteiger partial charge in [-0.25, -0.2) is 0 Å². The van der Waals surface area contributed by atoms with Crippen LogP contribution in [0.3, 0.4) is 0 Å². The molecule has 20 heavy (non-hydrogen) atoms. The molecular formula is C15H11ClN2O2. The molecule has 0 saturated heterocycles. The normalized spacial score (nSPS) is 9.85. The maximum atomic E-state index is 12.1. The predicted molar refractivity (Wildman–Crippen MR) is 77.0 cm³/mol. The summed E-state index contributed by atoms with van der Waals surface area (Å²) in [6.45, 7) is 1.82. The summed E-state index contributed by atoms with van der Waals surface area (Å²) in [7, 11) is 0. The summed E-state index contributed by atoms with van der Waals surface area (Å²) < 4.78 is 0. The van der Waals surface area contributed by atoms with Crippen LogP contribution in [-0.4, -0.2) is 11.0 Å². The van der Waals surface area contributed by atoms with Crippen LogP contribution < -0.4 is 5.32 Å². The standard InChI is InChI=1S/C15H11ClN2O2/c1-9-2-5-14(19)11(6-9)15(20)18-13-7-10(8-17)3-4-12(13)16/h2-7,19H,1H3,(H,18,20). The first-order valence-corrected chi connectivity index (χ1v) is 6.19. The fraction of sp³-hybridized carbons (Fsp3) is 0.0667. The summed E-state index contributed by atoms with van der Waals surface area (Å²) in [5.74, 6) is -0.594. The first-order chi connectivity index (χ1) is 9.51. The van der Waals surface area contributed by atoms with Crippen molar-refractivity contribution in [2.24, 2.45) is 0 Å². The van der Waals surface area contributed by atoms with Crippen molar-refractivity contribution in [1.29, 1.82) is 5.26 Å². The maximum Gasteiger partial charge on any atom is 0.259 e. The van der Waals surface area contributed by atoms with E-state index in [2.05, 4.69) is 5.32 Å². The zero-order valence-electron chi connectivity index (χ0n) is 10.6. The van der Waals surface area contributed by atoms with Crippen molar-refractivity contribution < 1.29 is 9.90 Å². The van der Waals surface area contributed by atoms with E-state index in [1.807, 2.05) is 13.0 Å². The molecule has 2 aromatic rings. The first-order valence-electron chi connectivity index (χ1n) is 5.82. The third kappa shape index (κ3) is 2.90. The number of hydrogen-bond acceptors (Lipinski definition) is 3. The highest BCUT2D eigenvalue weighted by Crippen LogP contribution is 2.25. The number of amides is 1. The second-order valence-electron chi connectivity index (χ2n) is 4.28. The Balaban J connectivity index is 2.33. The first kappa shape index (κ1) is 13.9. The quantitative estimate of drug-likeness (QED) is 0.887. The molecule has 0 radical (unpaired) electrons. The molecule has 100 valence electrons. The van der Waals surface area contributed by atoms with Crippen molar-refractivity contribution in [3.05, 3.63) is 58.1 Å². The number of phenolic OH excluding ortho intramolecular Hbond substituents is 1. The number of nitriles is 1. The molecule has 1 amide bonds. The number of aromatic hydroxyl groups is 1. The molecule has 0 spiro atoms. The minimum Gasteiger partial charge on any atom is -0.507 e. The maximum absolute atomic E-state index is 12.1. The van der Waals surface area contributed by atoms with Gasteiger partial charge in [-0.2, -0.15) is 5.26 Å². The van der Waals surface area contributed by atoms with Crippen LogP contribution in [-0.2, 0) is 0 Å². The van der Waals surface area contributed by atoms with E-state index < -0.39 is 5.91 Å². The third-order valence-corrected chi connectivity index (χ3v) is 3.07. The SMILES string of the molecule is Cc1ccc(O)c(C(=O)Nc2cc(C#N)ccc2Cl)c1. The molecule has 5 heteroatoms. The molecule has 0 aliphatic carbocycles. The average molecular weight is 287 g/mol. The van der Waals surface area contributed by atoms with Gasteiger partial charge in [0.1, 0.15) is 5.75 Å². The Hall–Kier alpha value is -2.51. The predicted octanol–water partition coefficient (Wildman–Crippen LogP) is 3.48. The molecule has 0 aliphatic rings.